The second-order valence-electron chi connectivity index (χ2n) is 4.65. The standard InChI is InChI=1S/C16H16O2S/c1-18-13-7-8-14-12(9-13)10-19-16(15(14)17)11-5-3-2-4-6-11/h2-9,15-17H,10H2,1H3/t15-,16+/m0/s1. The highest BCUT2D eigenvalue weighted by Gasteiger charge is 2.29. The molecule has 2 aromatic carbocycles. The summed E-state index contributed by atoms with van der Waals surface area (Å²) in [7, 11) is 1.67. The van der Waals surface area contributed by atoms with Crippen molar-refractivity contribution in [1.82, 2.24) is 0 Å². The molecule has 1 aliphatic rings. The van der Waals surface area contributed by atoms with Gasteiger partial charge in [-0.2, -0.15) is 0 Å². The van der Waals surface area contributed by atoms with Gasteiger partial charge in [0, 0.05) is 5.75 Å². The number of methoxy groups -OCH3 is 1. The first-order chi connectivity index (χ1) is 9.29. The number of thioether (sulfide) groups is 1. The largest absolute Gasteiger partial charge is 0.497 e. The molecule has 0 fully saturated rings. The highest BCUT2D eigenvalue weighted by molar-refractivity contribution is 7.98. The summed E-state index contributed by atoms with van der Waals surface area (Å²) in [6.45, 7) is 0. The Morgan fingerprint density at radius 3 is 2.68 bits per heavy atom. The van der Waals surface area contributed by atoms with E-state index in [-0.39, 0.29) is 5.25 Å². The van der Waals surface area contributed by atoms with Crippen molar-refractivity contribution in [2.24, 2.45) is 0 Å². The number of aliphatic hydroxyl groups is 1. The van der Waals surface area contributed by atoms with Gasteiger partial charge in [-0.05, 0) is 28.8 Å². The number of benzene rings is 2. The highest BCUT2D eigenvalue weighted by Crippen LogP contribution is 2.47. The molecular weight excluding hydrogens is 256 g/mol. The first kappa shape index (κ1) is 12.6. The zero-order valence-corrected chi connectivity index (χ0v) is 11.6. The lowest BCUT2D eigenvalue weighted by molar-refractivity contribution is 0.172. The van der Waals surface area contributed by atoms with Crippen LogP contribution in [0.1, 0.15) is 28.0 Å². The third-order valence-electron chi connectivity index (χ3n) is 3.50. The van der Waals surface area contributed by atoms with Crippen LogP contribution in [0.4, 0.5) is 0 Å². The Kier molecular flexibility index (Phi) is 3.49. The Labute approximate surface area is 117 Å². The van der Waals surface area contributed by atoms with E-state index in [1.165, 1.54) is 11.1 Å². The van der Waals surface area contributed by atoms with Gasteiger partial charge in [-0.15, -0.1) is 11.8 Å². The summed E-state index contributed by atoms with van der Waals surface area (Å²) in [5.41, 5.74) is 3.37. The second-order valence-corrected chi connectivity index (χ2v) is 5.78. The second kappa shape index (κ2) is 5.27. The molecule has 0 aliphatic carbocycles. The lowest BCUT2D eigenvalue weighted by Gasteiger charge is -2.30. The molecule has 3 heteroatoms. The maximum atomic E-state index is 10.6. The SMILES string of the molecule is COc1ccc2c(c1)CS[C@H](c1ccccc1)[C@H]2O. The Morgan fingerprint density at radius 1 is 1.16 bits per heavy atom. The zero-order chi connectivity index (χ0) is 13.2. The van der Waals surface area contributed by atoms with E-state index in [0.717, 1.165) is 17.1 Å². The molecule has 0 saturated heterocycles. The summed E-state index contributed by atoms with van der Waals surface area (Å²) in [5, 5.41) is 10.7. The number of ether oxygens (including phenoxy) is 1. The molecule has 0 bridgehead atoms. The Balaban J connectivity index is 1.94. The van der Waals surface area contributed by atoms with Crippen molar-refractivity contribution in [3.05, 3.63) is 65.2 Å². The maximum Gasteiger partial charge on any atom is 0.119 e. The van der Waals surface area contributed by atoms with E-state index in [2.05, 4.69) is 12.1 Å². The molecule has 0 unspecified atom stereocenters. The molecule has 0 aromatic heterocycles. The van der Waals surface area contributed by atoms with Crippen molar-refractivity contribution in [1.29, 1.82) is 0 Å². The van der Waals surface area contributed by atoms with Crippen LogP contribution in [-0.2, 0) is 5.75 Å². The summed E-state index contributed by atoms with van der Waals surface area (Å²) in [4.78, 5) is 0. The topological polar surface area (TPSA) is 29.5 Å². The van der Waals surface area contributed by atoms with Crippen LogP contribution in [0.15, 0.2) is 48.5 Å². The minimum Gasteiger partial charge on any atom is -0.497 e. The Hall–Kier alpha value is -1.45. The van der Waals surface area contributed by atoms with Crippen LogP contribution in [0, 0.1) is 0 Å². The van der Waals surface area contributed by atoms with Gasteiger partial charge >= 0.3 is 0 Å². The predicted octanol–water partition coefficient (Wildman–Crippen LogP) is 3.72. The number of hydrogen-bond donors (Lipinski definition) is 1. The van der Waals surface area contributed by atoms with Crippen LogP contribution in [0.25, 0.3) is 0 Å². The van der Waals surface area contributed by atoms with Gasteiger partial charge in [0.1, 0.15) is 5.75 Å². The lowest BCUT2D eigenvalue weighted by atomic mass is 9.96. The van der Waals surface area contributed by atoms with Crippen LogP contribution >= 0.6 is 11.8 Å². The zero-order valence-electron chi connectivity index (χ0n) is 10.7. The minimum atomic E-state index is -0.456. The smallest absolute Gasteiger partial charge is 0.119 e. The molecule has 3 rings (SSSR count). The van der Waals surface area contributed by atoms with Gasteiger partial charge in [0.2, 0.25) is 0 Å². The molecule has 1 N–H and O–H groups in total. The van der Waals surface area contributed by atoms with Crippen LogP contribution in [-0.4, -0.2) is 12.2 Å². The van der Waals surface area contributed by atoms with E-state index in [1.807, 2.05) is 36.4 Å². The van der Waals surface area contributed by atoms with Crippen molar-refractivity contribution in [3.63, 3.8) is 0 Å². The monoisotopic (exact) mass is 272 g/mol. The summed E-state index contributed by atoms with van der Waals surface area (Å²) < 4.78 is 5.24. The van der Waals surface area contributed by atoms with Crippen LogP contribution in [0.3, 0.4) is 0 Å². The maximum absolute atomic E-state index is 10.6. The molecule has 0 radical (unpaired) electrons. The number of rotatable bonds is 2. The van der Waals surface area contributed by atoms with Gasteiger partial charge in [-0.25, -0.2) is 0 Å². The molecule has 2 atom stereocenters. The van der Waals surface area contributed by atoms with Gasteiger partial charge in [-0.1, -0.05) is 36.4 Å². The number of aliphatic hydroxyl groups excluding tert-OH is 1. The third kappa shape index (κ3) is 2.36. The van der Waals surface area contributed by atoms with E-state index in [0.29, 0.717) is 0 Å². The highest BCUT2D eigenvalue weighted by atomic mass is 32.2. The lowest BCUT2D eigenvalue weighted by Crippen LogP contribution is -2.15. The van der Waals surface area contributed by atoms with Crippen LogP contribution < -0.4 is 4.74 Å². The van der Waals surface area contributed by atoms with E-state index in [9.17, 15) is 5.11 Å². The Morgan fingerprint density at radius 2 is 1.95 bits per heavy atom. The normalized spacial score (nSPS) is 21.8. The van der Waals surface area contributed by atoms with E-state index in [4.69, 9.17) is 4.74 Å². The van der Waals surface area contributed by atoms with E-state index in [1.54, 1.807) is 18.9 Å². The molecule has 1 aliphatic heterocycles. The van der Waals surface area contributed by atoms with Crippen LogP contribution in [0.5, 0.6) is 5.75 Å². The van der Waals surface area contributed by atoms with E-state index >= 15 is 0 Å². The fraction of sp³-hybridized carbons (Fsp3) is 0.250. The summed E-state index contributed by atoms with van der Waals surface area (Å²) in [6.07, 6.45) is -0.456. The van der Waals surface area contributed by atoms with Gasteiger partial charge < -0.3 is 9.84 Å². The molecule has 0 saturated carbocycles. The molecular formula is C16H16O2S. The van der Waals surface area contributed by atoms with E-state index < -0.39 is 6.10 Å². The fourth-order valence-corrected chi connectivity index (χ4v) is 3.77. The van der Waals surface area contributed by atoms with Crippen molar-refractivity contribution >= 4 is 11.8 Å². The number of fused-ring (bicyclic) bond motifs is 1. The molecule has 2 aromatic rings. The average Bonchev–Trinajstić information content (AvgIpc) is 2.48. The van der Waals surface area contributed by atoms with Crippen molar-refractivity contribution in [2.45, 2.75) is 17.1 Å². The van der Waals surface area contributed by atoms with Gasteiger partial charge in [-0.3, -0.25) is 0 Å². The van der Waals surface area contributed by atoms with Gasteiger partial charge in [0.15, 0.2) is 0 Å². The van der Waals surface area contributed by atoms with Gasteiger partial charge in [0.25, 0.3) is 0 Å². The molecule has 2 nitrogen and oxygen atoms in total. The third-order valence-corrected chi connectivity index (χ3v) is 4.87. The summed E-state index contributed by atoms with van der Waals surface area (Å²) >= 11 is 1.78. The molecule has 19 heavy (non-hydrogen) atoms. The predicted molar refractivity (Wildman–Crippen MR) is 78.4 cm³/mol. The van der Waals surface area contributed by atoms with Crippen LogP contribution in [0.2, 0.25) is 0 Å². The summed E-state index contributed by atoms with van der Waals surface area (Å²) in [6, 6.07) is 16.1. The first-order valence-electron chi connectivity index (χ1n) is 6.31. The number of hydrogen-bond acceptors (Lipinski definition) is 3. The average molecular weight is 272 g/mol. The molecule has 0 spiro atoms. The van der Waals surface area contributed by atoms with Gasteiger partial charge in [0.05, 0.1) is 18.5 Å². The van der Waals surface area contributed by atoms with Crippen molar-refractivity contribution in [2.75, 3.05) is 7.11 Å². The quantitative estimate of drug-likeness (QED) is 0.903. The molecule has 98 valence electrons. The minimum absolute atomic E-state index is 0.113. The van der Waals surface area contributed by atoms with Crippen molar-refractivity contribution < 1.29 is 9.84 Å². The summed E-state index contributed by atoms with van der Waals surface area (Å²) in [5.74, 6) is 1.76. The Bertz CT molecular complexity index is 568. The van der Waals surface area contributed by atoms with Crippen molar-refractivity contribution in [3.8, 4) is 5.75 Å². The fourth-order valence-electron chi connectivity index (χ4n) is 2.48. The molecule has 0 amide bonds. The first-order valence-corrected chi connectivity index (χ1v) is 7.36. The molecule has 1 heterocycles.